The van der Waals surface area contributed by atoms with E-state index in [9.17, 15) is 4.21 Å². The molecule has 3 nitrogen and oxygen atoms in total. The molecular formula is C15H17NO2S. The summed E-state index contributed by atoms with van der Waals surface area (Å²) in [5, 5.41) is 0. The predicted molar refractivity (Wildman–Crippen MR) is 77.0 cm³/mol. The average Bonchev–Trinajstić information content (AvgIpc) is 2.92. The second-order valence-electron chi connectivity index (χ2n) is 4.29. The van der Waals surface area contributed by atoms with Gasteiger partial charge in [0.05, 0.1) is 17.2 Å². The van der Waals surface area contributed by atoms with Gasteiger partial charge in [-0.3, -0.25) is 0 Å². The van der Waals surface area contributed by atoms with Crippen molar-refractivity contribution in [3.8, 4) is 0 Å². The van der Waals surface area contributed by atoms with Gasteiger partial charge in [-0.15, -0.1) is 6.58 Å². The van der Waals surface area contributed by atoms with Crippen molar-refractivity contribution in [3.63, 3.8) is 0 Å². The molecule has 1 heterocycles. The van der Waals surface area contributed by atoms with Crippen LogP contribution in [0.2, 0.25) is 0 Å². The molecule has 0 aliphatic rings. The summed E-state index contributed by atoms with van der Waals surface area (Å²) in [6, 6.07) is 11.2. The van der Waals surface area contributed by atoms with E-state index in [0.717, 1.165) is 16.2 Å². The van der Waals surface area contributed by atoms with Gasteiger partial charge in [0.25, 0.3) is 0 Å². The average molecular weight is 275 g/mol. The van der Waals surface area contributed by atoms with Crippen molar-refractivity contribution in [2.75, 3.05) is 0 Å². The summed E-state index contributed by atoms with van der Waals surface area (Å²) in [7, 11) is -1.27. The summed E-state index contributed by atoms with van der Waals surface area (Å²) < 4.78 is 20.7. The molecule has 100 valence electrons. The second-order valence-corrected chi connectivity index (χ2v) is 5.54. The fourth-order valence-corrected chi connectivity index (χ4v) is 2.73. The molecule has 2 rings (SSSR count). The van der Waals surface area contributed by atoms with Crippen molar-refractivity contribution in [2.45, 2.75) is 24.3 Å². The van der Waals surface area contributed by atoms with Gasteiger partial charge in [0, 0.05) is 0 Å². The Labute approximate surface area is 115 Å². The summed E-state index contributed by atoms with van der Waals surface area (Å²) in [5.41, 5.74) is 1.15. The Balaban J connectivity index is 2.11. The highest BCUT2D eigenvalue weighted by Crippen LogP contribution is 2.19. The maximum absolute atomic E-state index is 12.3. The van der Waals surface area contributed by atoms with Crippen molar-refractivity contribution in [1.82, 2.24) is 4.72 Å². The van der Waals surface area contributed by atoms with Gasteiger partial charge in [0.15, 0.2) is 0 Å². The lowest BCUT2D eigenvalue weighted by Gasteiger charge is -2.14. The Hall–Kier alpha value is -1.65. The molecule has 0 saturated carbocycles. The van der Waals surface area contributed by atoms with E-state index >= 15 is 0 Å². The highest BCUT2D eigenvalue weighted by atomic mass is 32.2. The molecular weight excluding hydrogens is 258 g/mol. The van der Waals surface area contributed by atoms with E-state index in [1.807, 2.05) is 43.3 Å². The van der Waals surface area contributed by atoms with Crippen LogP contribution < -0.4 is 4.72 Å². The smallest absolute Gasteiger partial charge is 0.125 e. The minimum Gasteiger partial charge on any atom is -0.468 e. The highest BCUT2D eigenvalue weighted by Gasteiger charge is 2.16. The third kappa shape index (κ3) is 3.66. The van der Waals surface area contributed by atoms with Crippen LogP contribution in [0.25, 0.3) is 0 Å². The fourth-order valence-electron chi connectivity index (χ4n) is 1.74. The van der Waals surface area contributed by atoms with E-state index in [1.165, 1.54) is 0 Å². The molecule has 0 aliphatic carbocycles. The largest absolute Gasteiger partial charge is 0.468 e. The maximum atomic E-state index is 12.3. The lowest BCUT2D eigenvalue weighted by Crippen LogP contribution is -2.23. The van der Waals surface area contributed by atoms with Gasteiger partial charge in [-0.25, -0.2) is 8.93 Å². The van der Waals surface area contributed by atoms with E-state index in [4.69, 9.17) is 4.42 Å². The summed E-state index contributed by atoms with van der Waals surface area (Å²) >= 11 is 0. The first-order chi connectivity index (χ1) is 9.20. The molecule has 0 bridgehead atoms. The molecule has 0 saturated heterocycles. The van der Waals surface area contributed by atoms with Gasteiger partial charge >= 0.3 is 0 Å². The lowest BCUT2D eigenvalue weighted by atomic mass is 10.2. The Morgan fingerprint density at radius 3 is 2.68 bits per heavy atom. The molecule has 4 heteroatoms. The van der Waals surface area contributed by atoms with Gasteiger partial charge in [-0.2, -0.15) is 0 Å². The number of rotatable bonds is 6. The zero-order valence-electron chi connectivity index (χ0n) is 10.8. The number of hydrogen-bond donors (Lipinski definition) is 1. The van der Waals surface area contributed by atoms with E-state index in [0.29, 0.717) is 6.42 Å². The van der Waals surface area contributed by atoms with Crippen LogP contribution in [0, 0.1) is 6.92 Å². The Morgan fingerprint density at radius 1 is 1.37 bits per heavy atom. The van der Waals surface area contributed by atoms with Crippen molar-refractivity contribution < 1.29 is 8.63 Å². The van der Waals surface area contributed by atoms with Gasteiger partial charge in [-0.1, -0.05) is 23.8 Å². The molecule has 0 fully saturated rings. The quantitative estimate of drug-likeness (QED) is 0.820. The van der Waals surface area contributed by atoms with Crippen LogP contribution in [0.4, 0.5) is 0 Å². The first-order valence-corrected chi connectivity index (χ1v) is 7.24. The van der Waals surface area contributed by atoms with Gasteiger partial charge in [0.1, 0.15) is 16.7 Å². The number of aryl methyl sites for hydroxylation is 1. The molecule has 0 amide bonds. The van der Waals surface area contributed by atoms with Crippen LogP contribution in [0.1, 0.15) is 23.8 Å². The van der Waals surface area contributed by atoms with E-state index in [2.05, 4.69) is 11.3 Å². The Morgan fingerprint density at radius 2 is 2.11 bits per heavy atom. The van der Waals surface area contributed by atoms with Crippen molar-refractivity contribution >= 4 is 11.0 Å². The lowest BCUT2D eigenvalue weighted by molar-refractivity contribution is 0.452. The topological polar surface area (TPSA) is 42.2 Å². The van der Waals surface area contributed by atoms with Crippen LogP contribution >= 0.6 is 0 Å². The fraction of sp³-hybridized carbons (Fsp3) is 0.200. The second kappa shape index (κ2) is 6.50. The molecule has 0 spiro atoms. The van der Waals surface area contributed by atoms with Gasteiger partial charge in [0.2, 0.25) is 0 Å². The summed E-state index contributed by atoms with van der Waals surface area (Å²) in [4.78, 5) is 0.756. The molecule has 1 N–H and O–H groups in total. The molecule has 0 radical (unpaired) electrons. The molecule has 1 aromatic carbocycles. The van der Waals surface area contributed by atoms with Crippen molar-refractivity contribution in [2.24, 2.45) is 0 Å². The molecule has 0 aliphatic heterocycles. The Bertz CT molecular complexity index is 546. The molecule has 2 aromatic rings. The summed E-state index contributed by atoms with van der Waals surface area (Å²) in [5.74, 6) is 0.764. The van der Waals surface area contributed by atoms with Crippen LogP contribution in [0.5, 0.6) is 0 Å². The summed E-state index contributed by atoms with van der Waals surface area (Å²) in [6.07, 6.45) is 4.06. The Kier molecular flexibility index (Phi) is 4.71. The number of furan rings is 1. The number of hydrogen-bond acceptors (Lipinski definition) is 2. The normalized spacial score (nSPS) is 13.9. The number of nitrogens with one attached hydrogen (secondary N) is 1. The first kappa shape index (κ1) is 13.8. The standard InChI is InChI=1S/C15H17NO2S/c1-3-5-14(15-6-4-11-18-15)16-19(17)13-9-7-12(2)8-10-13/h3-4,6-11,14,16H,1,5H2,2H3/t14-,19+/m1/s1. The third-order valence-electron chi connectivity index (χ3n) is 2.77. The van der Waals surface area contributed by atoms with Crippen molar-refractivity contribution in [1.29, 1.82) is 0 Å². The van der Waals surface area contributed by atoms with E-state index in [-0.39, 0.29) is 6.04 Å². The van der Waals surface area contributed by atoms with Gasteiger partial charge < -0.3 is 4.42 Å². The molecule has 19 heavy (non-hydrogen) atoms. The highest BCUT2D eigenvalue weighted by molar-refractivity contribution is 7.83. The van der Waals surface area contributed by atoms with Crippen LogP contribution in [0.15, 0.2) is 64.6 Å². The number of benzene rings is 1. The molecule has 2 atom stereocenters. The zero-order valence-corrected chi connectivity index (χ0v) is 11.7. The van der Waals surface area contributed by atoms with Crippen LogP contribution in [-0.4, -0.2) is 4.21 Å². The third-order valence-corrected chi connectivity index (χ3v) is 3.97. The first-order valence-electron chi connectivity index (χ1n) is 6.09. The van der Waals surface area contributed by atoms with Crippen LogP contribution in [-0.2, 0) is 11.0 Å². The minimum absolute atomic E-state index is 0.130. The minimum atomic E-state index is -1.27. The zero-order chi connectivity index (χ0) is 13.7. The van der Waals surface area contributed by atoms with Gasteiger partial charge in [-0.05, 0) is 37.6 Å². The molecule has 1 aromatic heterocycles. The predicted octanol–water partition coefficient (Wildman–Crippen LogP) is 3.52. The maximum Gasteiger partial charge on any atom is 0.125 e. The van der Waals surface area contributed by atoms with E-state index in [1.54, 1.807) is 12.3 Å². The van der Waals surface area contributed by atoms with E-state index < -0.39 is 11.0 Å². The monoisotopic (exact) mass is 275 g/mol. The summed E-state index contributed by atoms with van der Waals surface area (Å²) in [6.45, 7) is 5.72. The van der Waals surface area contributed by atoms with Crippen LogP contribution in [0.3, 0.4) is 0 Å². The molecule has 0 unspecified atom stereocenters. The van der Waals surface area contributed by atoms with Crippen molar-refractivity contribution in [3.05, 3.63) is 66.6 Å². The SMILES string of the molecule is C=CC[C@@H](N[S@@](=O)c1ccc(C)cc1)c1ccco1.